The molecule has 1 aliphatic rings. The third-order valence-electron chi connectivity index (χ3n) is 3.38. The van der Waals surface area contributed by atoms with Crippen LogP contribution in [0, 0.1) is 11.3 Å². The number of nitriles is 1. The number of nitrogens with one attached hydrogen (secondary N) is 1. The molecule has 1 saturated carbocycles. The zero-order chi connectivity index (χ0) is 14.8. The average molecular weight is 285 g/mol. The number of aromatic nitrogens is 1. The SMILES string of the molecule is COC1CCCC1Nc1nc(C(F)(F)F)ccc1C#N. The highest BCUT2D eigenvalue weighted by atomic mass is 19.4. The number of hydrogen-bond donors (Lipinski definition) is 1. The molecule has 2 unspecified atom stereocenters. The lowest BCUT2D eigenvalue weighted by molar-refractivity contribution is -0.141. The van der Waals surface area contributed by atoms with E-state index in [0.29, 0.717) is 0 Å². The molecule has 0 saturated heterocycles. The molecular weight excluding hydrogens is 271 g/mol. The van der Waals surface area contributed by atoms with Crippen molar-refractivity contribution in [3.63, 3.8) is 0 Å². The lowest BCUT2D eigenvalue weighted by Gasteiger charge is -2.21. The van der Waals surface area contributed by atoms with Crippen LogP contribution in [-0.4, -0.2) is 24.2 Å². The summed E-state index contributed by atoms with van der Waals surface area (Å²) in [5, 5.41) is 11.9. The summed E-state index contributed by atoms with van der Waals surface area (Å²) < 4.78 is 43.3. The molecule has 20 heavy (non-hydrogen) atoms. The minimum absolute atomic E-state index is 0.0312. The molecule has 1 aromatic heterocycles. The minimum atomic E-state index is -4.53. The summed E-state index contributed by atoms with van der Waals surface area (Å²) in [6.07, 6.45) is -2.05. The van der Waals surface area contributed by atoms with Gasteiger partial charge in [0.15, 0.2) is 0 Å². The molecule has 108 valence electrons. The molecular formula is C13H14F3N3O. The highest BCUT2D eigenvalue weighted by Crippen LogP contribution is 2.31. The van der Waals surface area contributed by atoms with Gasteiger partial charge in [-0.05, 0) is 31.4 Å². The lowest BCUT2D eigenvalue weighted by atomic mass is 10.2. The Morgan fingerprint density at radius 1 is 1.40 bits per heavy atom. The van der Waals surface area contributed by atoms with Crippen molar-refractivity contribution in [1.29, 1.82) is 5.26 Å². The Bertz CT molecular complexity index is 525. The Morgan fingerprint density at radius 2 is 2.15 bits per heavy atom. The van der Waals surface area contributed by atoms with Crippen molar-refractivity contribution in [2.24, 2.45) is 0 Å². The van der Waals surface area contributed by atoms with Crippen LogP contribution in [0.3, 0.4) is 0 Å². The summed E-state index contributed by atoms with van der Waals surface area (Å²) >= 11 is 0. The van der Waals surface area contributed by atoms with E-state index in [2.05, 4.69) is 10.3 Å². The second kappa shape index (κ2) is 5.67. The molecule has 0 aliphatic heterocycles. The second-order valence-electron chi connectivity index (χ2n) is 4.66. The molecule has 0 amide bonds. The van der Waals surface area contributed by atoms with E-state index in [1.807, 2.05) is 6.07 Å². The normalized spacial score (nSPS) is 22.6. The van der Waals surface area contributed by atoms with Crippen molar-refractivity contribution in [2.75, 3.05) is 12.4 Å². The van der Waals surface area contributed by atoms with Crippen LogP contribution in [0.2, 0.25) is 0 Å². The van der Waals surface area contributed by atoms with E-state index < -0.39 is 11.9 Å². The van der Waals surface area contributed by atoms with E-state index in [9.17, 15) is 13.2 Å². The van der Waals surface area contributed by atoms with E-state index in [0.717, 1.165) is 31.4 Å². The number of nitrogens with zero attached hydrogens (tertiary/aromatic N) is 2. The van der Waals surface area contributed by atoms with Crippen LogP contribution in [0.25, 0.3) is 0 Å². The maximum atomic E-state index is 12.7. The number of hydrogen-bond acceptors (Lipinski definition) is 4. The van der Waals surface area contributed by atoms with Gasteiger partial charge in [0.2, 0.25) is 0 Å². The first-order chi connectivity index (χ1) is 9.45. The zero-order valence-electron chi connectivity index (χ0n) is 10.9. The molecule has 2 atom stereocenters. The molecule has 0 aromatic carbocycles. The van der Waals surface area contributed by atoms with Gasteiger partial charge in [-0.15, -0.1) is 0 Å². The first-order valence-corrected chi connectivity index (χ1v) is 6.23. The topological polar surface area (TPSA) is 57.9 Å². The average Bonchev–Trinajstić information content (AvgIpc) is 2.85. The molecule has 1 heterocycles. The van der Waals surface area contributed by atoms with Gasteiger partial charge in [-0.1, -0.05) is 0 Å². The predicted molar refractivity (Wildman–Crippen MR) is 66.0 cm³/mol. The van der Waals surface area contributed by atoms with Crippen LogP contribution in [0.4, 0.5) is 19.0 Å². The monoisotopic (exact) mass is 285 g/mol. The third-order valence-corrected chi connectivity index (χ3v) is 3.38. The fourth-order valence-corrected chi connectivity index (χ4v) is 2.37. The molecule has 1 N–H and O–H groups in total. The van der Waals surface area contributed by atoms with Crippen LogP contribution in [0.5, 0.6) is 0 Å². The van der Waals surface area contributed by atoms with Gasteiger partial charge in [0, 0.05) is 7.11 Å². The number of pyridine rings is 1. The molecule has 1 fully saturated rings. The third kappa shape index (κ3) is 3.02. The van der Waals surface area contributed by atoms with Crippen molar-refractivity contribution in [1.82, 2.24) is 4.98 Å². The number of methoxy groups -OCH3 is 1. The Balaban J connectivity index is 2.27. The van der Waals surface area contributed by atoms with Crippen molar-refractivity contribution in [2.45, 2.75) is 37.6 Å². The van der Waals surface area contributed by atoms with Gasteiger partial charge in [0.1, 0.15) is 17.6 Å². The number of ether oxygens (including phenoxy) is 1. The van der Waals surface area contributed by atoms with Crippen molar-refractivity contribution >= 4 is 5.82 Å². The van der Waals surface area contributed by atoms with E-state index >= 15 is 0 Å². The first-order valence-electron chi connectivity index (χ1n) is 6.23. The number of alkyl halides is 3. The van der Waals surface area contributed by atoms with Crippen LogP contribution in [-0.2, 0) is 10.9 Å². The van der Waals surface area contributed by atoms with Gasteiger partial charge in [0.25, 0.3) is 0 Å². The summed E-state index contributed by atoms with van der Waals surface area (Å²) in [5.74, 6) is -0.0312. The molecule has 1 aliphatic carbocycles. The van der Waals surface area contributed by atoms with Crippen LogP contribution < -0.4 is 5.32 Å². The van der Waals surface area contributed by atoms with Crippen LogP contribution in [0.1, 0.15) is 30.5 Å². The van der Waals surface area contributed by atoms with Crippen LogP contribution >= 0.6 is 0 Å². The van der Waals surface area contributed by atoms with Gasteiger partial charge in [-0.25, -0.2) is 4.98 Å². The van der Waals surface area contributed by atoms with Gasteiger partial charge in [-0.3, -0.25) is 0 Å². The molecule has 0 spiro atoms. The van der Waals surface area contributed by atoms with Crippen molar-refractivity contribution in [3.8, 4) is 6.07 Å². The Morgan fingerprint density at radius 3 is 2.75 bits per heavy atom. The maximum absolute atomic E-state index is 12.7. The summed E-state index contributed by atoms with van der Waals surface area (Å²) in [5.41, 5.74) is -0.911. The molecule has 4 nitrogen and oxygen atoms in total. The predicted octanol–water partition coefficient (Wildman–Crippen LogP) is 2.95. The zero-order valence-corrected chi connectivity index (χ0v) is 10.9. The first kappa shape index (κ1) is 14.6. The van der Waals surface area contributed by atoms with Crippen molar-refractivity contribution in [3.05, 3.63) is 23.4 Å². The molecule has 0 radical (unpaired) electrons. The lowest BCUT2D eigenvalue weighted by Crippen LogP contribution is -2.30. The van der Waals surface area contributed by atoms with Gasteiger partial charge in [-0.2, -0.15) is 18.4 Å². The van der Waals surface area contributed by atoms with Gasteiger partial charge in [0.05, 0.1) is 17.7 Å². The highest BCUT2D eigenvalue weighted by molar-refractivity contribution is 5.53. The standard InChI is InChI=1S/C13H14F3N3O/c1-20-10-4-2-3-9(10)18-12-8(7-17)5-6-11(19-12)13(14,15)16/h5-6,9-10H,2-4H2,1H3,(H,18,19). The number of halogens is 3. The molecule has 1 aromatic rings. The summed E-state index contributed by atoms with van der Waals surface area (Å²) in [4.78, 5) is 3.53. The van der Waals surface area contributed by atoms with Gasteiger partial charge < -0.3 is 10.1 Å². The largest absolute Gasteiger partial charge is 0.433 e. The second-order valence-corrected chi connectivity index (χ2v) is 4.66. The Hall–Kier alpha value is -1.81. The van der Waals surface area contributed by atoms with E-state index in [-0.39, 0.29) is 23.5 Å². The molecule has 0 bridgehead atoms. The van der Waals surface area contributed by atoms with Gasteiger partial charge >= 0.3 is 6.18 Å². The van der Waals surface area contributed by atoms with Crippen LogP contribution in [0.15, 0.2) is 12.1 Å². The molecule has 2 rings (SSSR count). The fraction of sp³-hybridized carbons (Fsp3) is 0.538. The van der Waals surface area contributed by atoms with E-state index in [1.54, 1.807) is 7.11 Å². The van der Waals surface area contributed by atoms with E-state index in [1.165, 1.54) is 0 Å². The Labute approximate surface area is 114 Å². The summed E-state index contributed by atoms with van der Waals surface area (Å²) in [7, 11) is 1.56. The Kier molecular flexibility index (Phi) is 4.14. The minimum Gasteiger partial charge on any atom is -0.379 e. The quantitative estimate of drug-likeness (QED) is 0.927. The van der Waals surface area contributed by atoms with Crippen molar-refractivity contribution < 1.29 is 17.9 Å². The summed E-state index contributed by atoms with van der Waals surface area (Å²) in [6.45, 7) is 0. The fourth-order valence-electron chi connectivity index (χ4n) is 2.37. The smallest absolute Gasteiger partial charge is 0.379 e. The number of anilines is 1. The molecule has 7 heteroatoms. The summed E-state index contributed by atoms with van der Waals surface area (Å²) in [6, 6.07) is 3.67. The number of rotatable bonds is 3. The maximum Gasteiger partial charge on any atom is 0.433 e. The van der Waals surface area contributed by atoms with E-state index in [4.69, 9.17) is 10.00 Å². The highest BCUT2D eigenvalue weighted by Gasteiger charge is 2.34.